The van der Waals surface area contributed by atoms with Crippen molar-refractivity contribution >= 4 is 22.8 Å². The Kier molecular flexibility index (Phi) is 6.15. The summed E-state index contributed by atoms with van der Waals surface area (Å²) in [4.78, 5) is 25.3. The molecule has 1 saturated heterocycles. The number of amides is 1. The van der Waals surface area contributed by atoms with Crippen LogP contribution < -0.4 is 4.90 Å². The van der Waals surface area contributed by atoms with Crippen molar-refractivity contribution in [2.75, 3.05) is 24.5 Å². The highest BCUT2D eigenvalue weighted by molar-refractivity contribution is 5.92. The number of rotatable bonds is 4. The monoisotopic (exact) mass is 448 g/mol. The molecule has 1 amide bonds. The average Bonchev–Trinajstić information content (AvgIpc) is 2.76. The van der Waals surface area contributed by atoms with Crippen molar-refractivity contribution in [3.8, 4) is 17.1 Å². The lowest BCUT2D eigenvalue weighted by Gasteiger charge is -2.40. The molecule has 33 heavy (non-hydrogen) atoms. The zero-order valence-electron chi connectivity index (χ0n) is 19.7. The Balaban J connectivity index is 1.72. The van der Waals surface area contributed by atoms with Gasteiger partial charge < -0.3 is 20.0 Å². The first-order valence-corrected chi connectivity index (χ1v) is 11.5. The number of para-hydroxylation sites is 1. The van der Waals surface area contributed by atoms with Gasteiger partial charge in [-0.3, -0.25) is 0 Å². The molecule has 7 heteroatoms. The Hall–Kier alpha value is -3.35. The number of hydrogen-bond donors (Lipinski definition) is 2. The molecule has 1 unspecified atom stereocenters. The maximum atomic E-state index is 11.9. The number of aryl methyl sites for hydroxylation is 1. The molecule has 7 nitrogen and oxygen atoms in total. The van der Waals surface area contributed by atoms with Crippen molar-refractivity contribution in [1.82, 2.24) is 14.9 Å². The van der Waals surface area contributed by atoms with E-state index in [9.17, 15) is 15.0 Å². The molecular formula is C26H32N4O3. The Morgan fingerprint density at radius 3 is 2.64 bits per heavy atom. The minimum Gasteiger partial charge on any atom is -0.507 e. The molecular weight excluding hydrogens is 416 g/mol. The molecule has 1 fully saturated rings. The number of benzene rings is 2. The molecule has 0 saturated carbocycles. The van der Waals surface area contributed by atoms with E-state index >= 15 is 0 Å². The SMILES string of the molecule is Cc1ccc2c(N3CCCC(CN(C(=O)O)C(C)(C)C)C3)nc(-c3ccccc3O)nc2c1. The van der Waals surface area contributed by atoms with Crippen molar-refractivity contribution in [1.29, 1.82) is 0 Å². The van der Waals surface area contributed by atoms with Crippen LogP contribution in [0.5, 0.6) is 5.75 Å². The number of nitrogens with zero attached hydrogens (tertiary/aromatic N) is 4. The number of aromatic hydroxyl groups is 1. The zero-order valence-corrected chi connectivity index (χ0v) is 19.7. The fourth-order valence-corrected chi connectivity index (χ4v) is 4.55. The van der Waals surface area contributed by atoms with E-state index in [4.69, 9.17) is 9.97 Å². The van der Waals surface area contributed by atoms with Crippen LogP contribution in [0.25, 0.3) is 22.3 Å². The van der Waals surface area contributed by atoms with Crippen molar-refractivity contribution in [2.45, 2.75) is 46.1 Å². The normalized spacial score (nSPS) is 16.7. The van der Waals surface area contributed by atoms with E-state index in [2.05, 4.69) is 17.0 Å². The van der Waals surface area contributed by atoms with Gasteiger partial charge >= 0.3 is 6.09 Å². The first kappa shape index (κ1) is 22.8. The smallest absolute Gasteiger partial charge is 0.407 e. The standard InChI is InChI=1S/C26H32N4O3/c1-17-11-12-19-21(14-17)27-23(20-9-5-6-10-22(20)31)28-24(19)29-13-7-8-18(15-29)16-30(25(32)33)26(2,3)4/h5-6,9-12,14,18,31H,7-8,13,15-16H2,1-4H3,(H,32,33). The van der Waals surface area contributed by atoms with E-state index in [1.165, 1.54) is 4.90 Å². The summed E-state index contributed by atoms with van der Waals surface area (Å²) >= 11 is 0. The molecule has 2 N–H and O–H groups in total. The van der Waals surface area contributed by atoms with Crippen molar-refractivity contribution in [3.05, 3.63) is 48.0 Å². The van der Waals surface area contributed by atoms with Gasteiger partial charge in [0.25, 0.3) is 0 Å². The highest BCUT2D eigenvalue weighted by Crippen LogP contribution is 2.34. The molecule has 0 aliphatic carbocycles. The lowest BCUT2D eigenvalue weighted by Crippen LogP contribution is -2.50. The summed E-state index contributed by atoms with van der Waals surface area (Å²) in [5, 5.41) is 21.1. The Morgan fingerprint density at radius 2 is 1.94 bits per heavy atom. The third kappa shape index (κ3) is 4.87. The zero-order chi connectivity index (χ0) is 23.8. The molecule has 1 aromatic heterocycles. The van der Waals surface area contributed by atoms with E-state index in [-0.39, 0.29) is 11.7 Å². The maximum absolute atomic E-state index is 11.9. The Bertz CT molecular complexity index is 1170. The van der Waals surface area contributed by atoms with Crippen LogP contribution in [0.2, 0.25) is 0 Å². The second-order valence-corrected chi connectivity index (χ2v) is 9.93. The fourth-order valence-electron chi connectivity index (χ4n) is 4.55. The molecule has 0 radical (unpaired) electrons. The molecule has 3 aromatic rings. The van der Waals surface area contributed by atoms with Gasteiger partial charge in [0, 0.05) is 30.6 Å². The van der Waals surface area contributed by atoms with Crippen molar-refractivity contribution in [2.24, 2.45) is 5.92 Å². The number of phenols is 1. The largest absolute Gasteiger partial charge is 0.507 e. The van der Waals surface area contributed by atoms with Gasteiger partial charge in [-0.1, -0.05) is 18.2 Å². The van der Waals surface area contributed by atoms with Crippen molar-refractivity contribution in [3.63, 3.8) is 0 Å². The van der Waals surface area contributed by atoms with Gasteiger partial charge in [-0.2, -0.15) is 0 Å². The lowest BCUT2D eigenvalue weighted by molar-refractivity contribution is 0.0864. The molecule has 174 valence electrons. The number of carboxylic acid groups (broad SMARTS) is 1. The third-order valence-corrected chi connectivity index (χ3v) is 6.28. The number of phenolic OH excluding ortho intramolecular Hbond substituents is 1. The third-order valence-electron chi connectivity index (χ3n) is 6.28. The molecule has 1 atom stereocenters. The van der Waals surface area contributed by atoms with Crippen LogP contribution in [0.4, 0.5) is 10.6 Å². The summed E-state index contributed by atoms with van der Waals surface area (Å²) < 4.78 is 0. The van der Waals surface area contributed by atoms with Gasteiger partial charge in [-0.05, 0) is 76.3 Å². The van der Waals surface area contributed by atoms with Crippen LogP contribution in [0.3, 0.4) is 0 Å². The summed E-state index contributed by atoms with van der Waals surface area (Å²) in [6.45, 7) is 9.88. The minimum absolute atomic E-state index is 0.147. The van der Waals surface area contributed by atoms with Gasteiger partial charge in [0.15, 0.2) is 5.82 Å². The topological polar surface area (TPSA) is 89.8 Å². The van der Waals surface area contributed by atoms with Gasteiger partial charge in [0.2, 0.25) is 0 Å². The first-order chi connectivity index (χ1) is 15.6. The Labute approximate surface area is 194 Å². The molecule has 2 heterocycles. The van der Waals surface area contributed by atoms with Crippen LogP contribution in [-0.2, 0) is 0 Å². The second-order valence-electron chi connectivity index (χ2n) is 9.93. The summed E-state index contributed by atoms with van der Waals surface area (Å²) in [6.07, 6.45) is 1.06. The summed E-state index contributed by atoms with van der Waals surface area (Å²) in [7, 11) is 0. The summed E-state index contributed by atoms with van der Waals surface area (Å²) in [5.74, 6) is 1.68. The van der Waals surface area contributed by atoms with Gasteiger partial charge in [0.1, 0.15) is 11.6 Å². The number of aromatic nitrogens is 2. The van der Waals surface area contributed by atoms with E-state index in [1.54, 1.807) is 12.1 Å². The molecule has 0 bridgehead atoms. The molecule has 2 aromatic carbocycles. The van der Waals surface area contributed by atoms with Crippen LogP contribution in [0.1, 0.15) is 39.2 Å². The number of piperidine rings is 1. The van der Waals surface area contributed by atoms with E-state index < -0.39 is 11.6 Å². The number of carbonyl (C=O) groups is 1. The van der Waals surface area contributed by atoms with Crippen LogP contribution in [-0.4, -0.2) is 56.3 Å². The molecule has 0 spiro atoms. The quantitative estimate of drug-likeness (QED) is 0.562. The highest BCUT2D eigenvalue weighted by Gasteiger charge is 2.31. The maximum Gasteiger partial charge on any atom is 0.407 e. The predicted molar refractivity (Wildman–Crippen MR) is 131 cm³/mol. The number of fused-ring (bicyclic) bond motifs is 1. The lowest BCUT2D eigenvalue weighted by atomic mass is 9.95. The predicted octanol–water partition coefficient (Wildman–Crippen LogP) is 5.31. The van der Waals surface area contributed by atoms with Crippen LogP contribution >= 0.6 is 0 Å². The van der Waals surface area contributed by atoms with E-state index in [0.29, 0.717) is 17.9 Å². The van der Waals surface area contributed by atoms with E-state index in [1.807, 2.05) is 45.9 Å². The van der Waals surface area contributed by atoms with Crippen LogP contribution in [0.15, 0.2) is 42.5 Å². The second kappa shape index (κ2) is 8.89. The summed E-state index contributed by atoms with van der Waals surface area (Å²) in [5.41, 5.74) is 2.09. The van der Waals surface area contributed by atoms with Gasteiger partial charge in [-0.25, -0.2) is 14.8 Å². The molecule has 1 aliphatic heterocycles. The molecule has 4 rings (SSSR count). The minimum atomic E-state index is -0.885. The highest BCUT2D eigenvalue weighted by atomic mass is 16.4. The average molecular weight is 449 g/mol. The number of anilines is 1. The first-order valence-electron chi connectivity index (χ1n) is 11.5. The van der Waals surface area contributed by atoms with Gasteiger partial charge in [-0.15, -0.1) is 0 Å². The number of hydrogen-bond acceptors (Lipinski definition) is 5. The van der Waals surface area contributed by atoms with Gasteiger partial charge in [0.05, 0.1) is 11.1 Å². The summed E-state index contributed by atoms with van der Waals surface area (Å²) in [6, 6.07) is 13.3. The fraction of sp³-hybridized carbons (Fsp3) is 0.423. The Morgan fingerprint density at radius 1 is 1.18 bits per heavy atom. The van der Waals surface area contributed by atoms with E-state index in [0.717, 1.165) is 48.2 Å². The van der Waals surface area contributed by atoms with Crippen LogP contribution in [0, 0.1) is 12.8 Å². The van der Waals surface area contributed by atoms with Crippen molar-refractivity contribution < 1.29 is 15.0 Å². The molecule has 1 aliphatic rings.